The molecule has 31 heavy (non-hydrogen) atoms. The third-order valence-electron chi connectivity index (χ3n) is 5.24. The van der Waals surface area contributed by atoms with Crippen molar-refractivity contribution in [3.63, 3.8) is 0 Å². The van der Waals surface area contributed by atoms with E-state index in [9.17, 15) is 22.0 Å². The first-order valence-corrected chi connectivity index (χ1v) is 11.0. The Kier molecular flexibility index (Phi) is 5.22. The Morgan fingerprint density at radius 3 is 2.65 bits per heavy atom. The molecule has 2 heterocycles. The van der Waals surface area contributed by atoms with Gasteiger partial charge in [0.25, 0.3) is 5.92 Å². The van der Waals surface area contributed by atoms with Gasteiger partial charge >= 0.3 is 5.97 Å². The summed E-state index contributed by atoms with van der Waals surface area (Å²) in [6.45, 7) is 1.04. The highest BCUT2D eigenvalue weighted by Crippen LogP contribution is 2.32. The van der Waals surface area contributed by atoms with Gasteiger partial charge in [-0.25, -0.2) is 26.7 Å². The van der Waals surface area contributed by atoms with Gasteiger partial charge in [0.1, 0.15) is 5.58 Å². The van der Waals surface area contributed by atoms with Crippen LogP contribution in [0.1, 0.15) is 21.7 Å². The standard InChI is InChI=1S/C21H20F2N2O5S/c1-13-17-10-16(5-6-18(17)30-19(13)20(26)27)31(28,29)24-8-7-14-3-2-4-15(9-14)25-11-21(22,23)12-25/h2-6,9-10,24H,7-8,11-12H2,1H3,(H,26,27). The van der Waals surface area contributed by atoms with E-state index in [0.717, 1.165) is 5.56 Å². The SMILES string of the molecule is Cc1c(C(=O)O)oc2ccc(S(=O)(=O)NCCc3cccc(N4CC(F)(F)C4)c3)cc12. The zero-order valence-corrected chi connectivity index (χ0v) is 17.4. The normalized spacial score (nSPS) is 15.8. The molecule has 10 heteroatoms. The molecule has 4 rings (SSSR count). The molecule has 1 aliphatic rings. The van der Waals surface area contributed by atoms with Crippen molar-refractivity contribution in [2.24, 2.45) is 0 Å². The van der Waals surface area contributed by atoms with Crippen LogP contribution in [0.3, 0.4) is 0 Å². The highest BCUT2D eigenvalue weighted by Gasteiger charge is 2.43. The minimum absolute atomic E-state index is 0.00241. The summed E-state index contributed by atoms with van der Waals surface area (Å²) in [4.78, 5) is 12.8. The van der Waals surface area contributed by atoms with E-state index in [1.54, 1.807) is 30.0 Å². The summed E-state index contributed by atoms with van der Waals surface area (Å²) in [6, 6.07) is 11.2. The molecule has 0 atom stereocenters. The van der Waals surface area contributed by atoms with Gasteiger partial charge in [0, 0.05) is 23.2 Å². The van der Waals surface area contributed by atoms with Crippen molar-refractivity contribution in [1.29, 1.82) is 0 Å². The summed E-state index contributed by atoms with van der Waals surface area (Å²) in [5.74, 6) is -4.11. The second kappa shape index (κ2) is 7.61. The van der Waals surface area contributed by atoms with Gasteiger partial charge in [0.05, 0.1) is 18.0 Å². The Bertz CT molecular complexity index is 1260. The Balaban J connectivity index is 1.44. The van der Waals surface area contributed by atoms with E-state index in [4.69, 9.17) is 9.52 Å². The lowest BCUT2D eigenvalue weighted by atomic mass is 10.1. The number of furan rings is 1. The molecule has 7 nitrogen and oxygen atoms in total. The first-order chi connectivity index (χ1) is 14.6. The number of halogens is 2. The molecule has 2 aromatic carbocycles. The molecular formula is C21H20F2N2O5S. The number of aryl methyl sites for hydroxylation is 1. The van der Waals surface area contributed by atoms with Gasteiger partial charge in [0.2, 0.25) is 15.8 Å². The first-order valence-electron chi connectivity index (χ1n) is 9.54. The number of sulfonamides is 1. The molecule has 0 radical (unpaired) electrons. The Morgan fingerprint density at radius 2 is 1.97 bits per heavy atom. The summed E-state index contributed by atoms with van der Waals surface area (Å²) < 4.78 is 59.3. The summed E-state index contributed by atoms with van der Waals surface area (Å²) >= 11 is 0. The number of benzene rings is 2. The van der Waals surface area contributed by atoms with Crippen LogP contribution in [0.4, 0.5) is 14.5 Å². The zero-order valence-electron chi connectivity index (χ0n) is 16.6. The van der Waals surface area contributed by atoms with Crippen LogP contribution in [0.25, 0.3) is 11.0 Å². The maximum absolute atomic E-state index is 13.1. The van der Waals surface area contributed by atoms with Crippen LogP contribution >= 0.6 is 0 Å². The smallest absolute Gasteiger partial charge is 0.372 e. The molecular weight excluding hydrogens is 430 g/mol. The fourth-order valence-corrected chi connectivity index (χ4v) is 4.65. The molecule has 2 N–H and O–H groups in total. The van der Waals surface area contributed by atoms with Crippen LogP contribution < -0.4 is 9.62 Å². The van der Waals surface area contributed by atoms with Crippen molar-refractivity contribution >= 4 is 32.6 Å². The van der Waals surface area contributed by atoms with E-state index in [0.29, 0.717) is 28.6 Å². The number of hydrogen-bond acceptors (Lipinski definition) is 5. The molecule has 164 valence electrons. The third-order valence-corrected chi connectivity index (χ3v) is 6.70. The number of anilines is 1. The topological polar surface area (TPSA) is 99.8 Å². The summed E-state index contributed by atoms with van der Waals surface area (Å²) in [6.07, 6.45) is 0.382. The van der Waals surface area contributed by atoms with Gasteiger partial charge in [0.15, 0.2) is 0 Å². The molecule has 1 fully saturated rings. The number of nitrogens with zero attached hydrogens (tertiary/aromatic N) is 1. The van der Waals surface area contributed by atoms with Crippen LogP contribution in [0.5, 0.6) is 0 Å². The number of carboxylic acids is 1. The Labute approximate surface area is 177 Å². The van der Waals surface area contributed by atoms with Crippen molar-refractivity contribution in [3.05, 3.63) is 59.4 Å². The van der Waals surface area contributed by atoms with E-state index >= 15 is 0 Å². The number of hydrogen-bond donors (Lipinski definition) is 2. The quantitative estimate of drug-likeness (QED) is 0.572. The maximum Gasteiger partial charge on any atom is 0.372 e. The van der Waals surface area contributed by atoms with Gasteiger partial charge in [-0.2, -0.15) is 0 Å². The number of nitrogens with one attached hydrogen (secondary N) is 1. The molecule has 0 saturated carbocycles. The van der Waals surface area contributed by atoms with Crippen molar-refractivity contribution in [2.45, 2.75) is 24.2 Å². The molecule has 0 amide bonds. The van der Waals surface area contributed by atoms with Crippen LogP contribution in [0.2, 0.25) is 0 Å². The monoisotopic (exact) mass is 450 g/mol. The van der Waals surface area contributed by atoms with Gasteiger partial charge in [-0.05, 0) is 49.2 Å². The molecule has 1 aromatic heterocycles. The van der Waals surface area contributed by atoms with Crippen LogP contribution in [0, 0.1) is 6.92 Å². The molecule has 1 saturated heterocycles. The first kappa shape index (κ1) is 21.3. The van der Waals surface area contributed by atoms with E-state index in [1.165, 1.54) is 18.2 Å². The Hall–Kier alpha value is -2.98. The van der Waals surface area contributed by atoms with E-state index < -0.39 is 21.9 Å². The fraction of sp³-hybridized carbons (Fsp3) is 0.286. The minimum atomic E-state index is -3.83. The van der Waals surface area contributed by atoms with E-state index in [1.807, 2.05) is 6.07 Å². The third kappa shape index (κ3) is 4.26. The number of aromatic carboxylic acids is 1. The predicted octanol–water partition coefficient (Wildman–Crippen LogP) is 3.42. The minimum Gasteiger partial charge on any atom is -0.475 e. The molecule has 0 aliphatic carbocycles. The number of carboxylic acid groups (broad SMARTS) is 1. The second-order valence-electron chi connectivity index (χ2n) is 7.55. The lowest BCUT2D eigenvalue weighted by molar-refractivity contribution is -0.0262. The van der Waals surface area contributed by atoms with Crippen molar-refractivity contribution in [2.75, 3.05) is 24.5 Å². The molecule has 1 aliphatic heterocycles. The summed E-state index contributed by atoms with van der Waals surface area (Å²) in [5.41, 5.74) is 2.15. The molecule has 3 aromatic rings. The van der Waals surface area contributed by atoms with E-state index in [-0.39, 0.29) is 30.3 Å². The van der Waals surface area contributed by atoms with Gasteiger partial charge in [-0.15, -0.1) is 0 Å². The zero-order chi connectivity index (χ0) is 22.4. The van der Waals surface area contributed by atoms with Crippen LogP contribution in [0.15, 0.2) is 51.8 Å². The highest BCUT2D eigenvalue weighted by atomic mass is 32.2. The van der Waals surface area contributed by atoms with Crippen LogP contribution in [-0.2, 0) is 16.4 Å². The molecule has 0 spiro atoms. The second-order valence-corrected chi connectivity index (χ2v) is 9.32. The summed E-state index contributed by atoms with van der Waals surface area (Å²) in [7, 11) is -3.83. The predicted molar refractivity (Wildman–Crippen MR) is 110 cm³/mol. The lowest BCUT2D eigenvalue weighted by Crippen LogP contribution is -2.56. The average Bonchev–Trinajstić information content (AvgIpc) is 3.02. The average molecular weight is 450 g/mol. The van der Waals surface area contributed by atoms with Gasteiger partial charge in [-0.3, -0.25) is 0 Å². The van der Waals surface area contributed by atoms with Crippen molar-refractivity contribution in [3.8, 4) is 0 Å². The molecule has 0 bridgehead atoms. The number of carbonyl (C=O) groups is 1. The van der Waals surface area contributed by atoms with Gasteiger partial charge < -0.3 is 14.4 Å². The van der Waals surface area contributed by atoms with Crippen LogP contribution in [-0.4, -0.2) is 45.1 Å². The largest absolute Gasteiger partial charge is 0.475 e. The lowest BCUT2D eigenvalue weighted by Gasteiger charge is -2.40. The van der Waals surface area contributed by atoms with Gasteiger partial charge in [-0.1, -0.05) is 12.1 Å². The highest BCUT2D eigenvalue weighted by molar-refractivity contribution is 7.89. The maximum atomic E-state index is 13.1. The van der Waals surface area contributed by atoms with Crippen molar-refractivity contribution < 1.29 is 31.5 Å². The molecule has 0 unspecified atom stereocenters. The number of fused-ring (bicyclic) bond motifs is 1. The summed E-state index contributed by atoms with van der Waals surface area (Å²) in [5, 5.41) is 9.57. The number of alkyl halides is 2. The van der Waals surface area contributed by atoms with E-state index in [2.05, 4.69) is 4.72 Å². The Morgan fingerprint density at radius 1 is 1.23 bits per heavy atom. The number of rotatable bonds is 7. The fourth-order valence-electron chi connectivity index (χ4n) is 3.59. The van der Waals surface area contributed by atoms with Crippen molar-refractivity contribution in [1.82, 2.24) is 4.72 Å².